The highest BCUT2D eigenvalue weighted by Crippen LogP contribution is 2.66. The minimum atomic E-state index is -6.32. The lowest BCUT2D eigenvalue weighted by Crippen LogP contribution is -2.34. The lowest BCUT2D eigenvalue weighted by atomic mass is 10.1. The number of hydrogen-bond acceptors (Lipinski definition) is 18. The number of phosphoric ester groups is 1. The molecule has 6 unspecified atom stereocenters. The molecular formula is C25H34N2O16P4S-4. The molecule has 23 heteroatoms. The van der Waals surface area contributed by atoms with Crippen LogP contribution in [0, 0.1) is 0 Å². The van der Waals surface area contributed by atoms with Crippen molar-refractivity contribution in [2.45, 2.75) is 81.8 Å². The van der Waals surface area contributed by atoms with E-state index in [1.54, 1.807) is 13.0 Å². The zero-order valence-electron chi connectivity index (χ0n) is 25.7. The third-order valence-electron chi connectivity index (χ3n) is 6.75. The third-order valence-corrected chi connectivity index (χ3v) is 14.2. The monoisotopic (exact) mass is 774 g/mol. The summed E-state index contributed by atoms with van der Waals surface area (Å²) < 4.78 is 83.3. The van der Waals surface area contributed by atoms with Crippen molar-refractivity contribution in [3.63, 3.8) is 0 Å². The highest BCUT2D eigenvalue weighted by atomic mass is 32.2. The van der Waals surface area contributed by atoms with Gasteiger partial charge in [-0.3, -0.25) is 22.6 Å². The van der Waals surface area contributed by atoms with Gasteiger partial charge in [-0.15, -0.1) is 11.8 Å². The van der Waals surface area contributed by atoms with Gasteiger partial charge in [0.1, 0.15) is 30.9 Å². The topological polar surface area (TPSA) is 260 Å². The maximum absolute atomic E-state index is 12.9. The summed E-state index contributed by atoms with van der Waals surface area (Å²) in [5, 5.41) is 0.484. The molecule has 0 aliphatic carbocycles. The second-order valence-electron chi connectivity index (χ2n) is 10.6. The molecule has 9 atom stereocenters. The van der Waals surface area contributed by atoms with E-state index in [2.05, 4.69) is 22.4 Å². The molecule has 18 nitrogen and oxygen atoms in total. The van der Waals surface area contributed by atoms with E-state index in [4.69, 9.17) is 14.2 Å². The van der Waals surface area contributed by atoms with E-state index >= 15 is 0 Å². The van der Waals surface area contributed by atoms with E-state index in [1.165, 1.54) is 18.0 Å². The fourth-order valence-electron chi connectivity index (χ4n) is 4.71. The molecule has 3 heterocycles. The quantitative estimate of drug-likeness (QED) is 0.113. The number of ether oxygens (including phenoxy) is 3. The Hall–Kier alpha value is -1.07. The zero-order chi connectivity index (χ0) is 35.2. The predicted octanol–water partition coefficient (Wildman–Crippen LogP) is 2.21. The Morgan fingerprint density at radius 1 is 0.875 bits per heavy atom. The molecule has 2 aliphatic rings. The summed E-state index contributed by atoms with van der Waals surface area (Å²) in [5.74, 6) is 0.733. The average molecular weight is 775 g/mol. The smallest absolute Gasteiger partial charge is 0.350 e. The molecule has 1 aromatic carbocycles. The van der Waals surface area contributed by atoms with Gasteiger partial charge in [-0.1, -0.05) is 50.6 Å². The second kappa shape index (κ2) is 17.0. The van der Waals surface area contributed by atoms with Gasteiger partial charge in [-0.2, -0.15) is 4.98 Å². The predicted molar refractivity (Wildman–Crippen MR) is 161 cm³/mol. The van der Waals surface area contributed by atoms with Crippen molar-refractivity contribution in [3.8, 4) is 0 Å². The van der Waals surface area contributed by atoms with Gasteiger partial charge < -0.3 is 42.9 Å². The van der Waals surface area contributed by atoms with Gasteiger partial charge in [0.25, 0.3) is 23.5 Å². The third kappa shape index (κ3) is 11.7. The molecule has 2 saturated heterocycles. The highest BCUT2D eigenvalue weighted by Gasteiger charge is 2.54. The molecule has 2 fully saturated rings. The molecule has 48 heavy (non-hydrogen) atoms. The Labute approximate surface area is 280 Å². The van der Waals surface area contributed by atoms with Crippen LogP contribution in [0.3, 0.4) is 0 Å². The van der Waals surface area contributed by atoms with Crippen molar-refractivity contribution in [1.29, 1.82) is 0 Å². The summed E-state index contributed by atoms with van der Waals surface area (Å²) in [6.45, 7) is 2.65. The van der Waals surface area contributed by atoms with Crippen molar-refractivity contribution < 1.29 is 69.5 Å². The van der Waals surface area contributed by atoms with E-state index in [0.717, 1.165) is 22.3 Å². The number of thioether (sulfide) groups is 1. The molecule has 0 spiro atoms. The van der Waals surface area contributed by atoms with Crippen LogP contribution in [-0.2, 0) is 56.3 Å². The molecule has 0 N–H and O–H groups in total. The van der Waals surface area contributed by atoms with Gasteiger partial charge in [0.2, 0.25) is 0 Å². The first kappa shape index (κ1) is 39.7. The van der Waals surface area contributed by atoms with Crippen LogP contribution in [0.2, 0.25) is 0 Å². The number of hydrogen-bond donors (Lipinski definition) is 0. The van der Waals surface area contributed by atoms with Crippen molar-refractivity contribution in [2.24, 2.45) is 0 Å². The number of phosphoric acid groups is 3. The van der Waals surface area contributed by atoms with E-state index < -0.39 is 80.4 Å². The number of fused-ring (bicyclic) bond motifs is 1. The maximum atomic E-state index is 12.9. The van der Waals surface area contributed by atoms with E-state index in [0.29, 0.717) is 24.3 Å². The lowest BCUT2D eigenvalue weighted by molar-refractivity contribution is -0.251. The largest absolute Gasteiger partial charge is 0.778 e. The number of benzene rings is 1. The van der Waals surface area contributed by atoms with E-state index in [9.17, 15) is 42.6 Å². The van der Waals surface area contributed by atoms with Crippen LogP contribution in [0.25, 0.3) is 0 Å². The molecule has 0 radical (unpaired) electrons. The molecule has 0 bridgehead atoms. The van der Waals surface area contributed by atoms with Crippen LogP contribution in [0.15, 0.2) is 52.4 Å². The Morgan fingerprint density at radius 3 is 2.21 bits per heavy atom. The van der Waals surface area contributed by atoms with Gasteiger partial charge in [0.15, 0.2) is 12.5 Å². The zero-order valence-corrected chi connectivity index (χ0v) is 30.1. The fourth-order valence-corrected chi connectivity index (χ4v) is 10.9. The standard InChI is InChI=1S/C25H38N2O16P4S/c1-3-5-15-44(29,30)41-46(33,34)43-47(35,36)42-45(31,32)37-17-19-22-23(40-21(39-22)12-11-18-9-7-6-8-10-18)24(38-19)27-14-13-20(26-25(27)28)48-16-4-2/h6-10,13-14,19,21-24H,3-5,11-12,15-17H2,1-2H3,(H,29,30)(H,31,32)(H,33,34)(H,35,36)/p-4/t19-,21?,22+,23?,24-/m1/s1. The van der Waals surface area contributed by atoms with Crippen LogP contribution in [0.4, 0.5) is 0 Å². The molecule has 2 aliphatic heterocycles. The Balaban J connectivity index is 1.44. The lowest BCUT2D eigenvalue weighted by Gasteiger charge is -2.36. The summed E-state index contributed by atoms with van der Waals surface area (Å²) in [5.41, 5.74) is 0.317. The molecule has 0 amide bonds. The van der Waals surface area contributed by atoms with Gasteiger partial charge >= 0.3 is 5.69 Å². The highest BCUT2D eigenvalue weighted by molar-refractivity contribution is 7.99. The van der Waals surface area contributed by atoms with Gasteiger partial charge in [0.05, 0.1) is 6.61 Å². The minimum absolute atomic E-state index is 0.00112. The van der Waals surface area contributed by atoms with Crippen LogP contribution in [0.1, 0.15) is 51.3 Å². The molecular weight excluding hydrogens is 740 g/mol. The molecule has 270 valence electrons. The van der Waals surface area contributed by atoms with Gasteiger partial charge in [0, 0.05) is 18.8 Å². The fraction of sp³-hybridized carbons (Fsp3) is 0.600. The van der Waals surface area contributed by atoms with Gasteiger partial charge in [-0.25, -0.2) is 13.4 Å². The summed E-state index contributed by atoms with van der Waals surface area (Å²) in [4.78, 5) is 65.2. The summed E-state index contributed by atoms with van der Waals surface area (Å²) in [6, 6.07) is 11.0. The van der Waals surface area contributed by atoms with E-state index in [1.807, 2.05) is 37.3 Å². The molecule has 2 aromatic rings. The van der Waals surface area contributed by atoms with Gasteiger partial charge in [-0.05, 0) is 36.6 Å². The number of aromatic nitrogens is 2. The summed E-state index contributed by atoms with van der Waals surface area (Å²) in [7, 11) is -23.5. The first-order chi connectivity index (χ1) is 22.5. The van der Waals surface area contributed by atoms with E-state index in [-0.39, 0.29) is 6.42 Å². The van der Waals surface area contributed by atoms with Crippen LogP contribution in [-0.4, -0.2) is 52.7 Å². The SMILES string of the molecule is CCCCP(=O)([O-])OP(=O)([O-])OP(=O)([O-])OP(=O)([O-])OC[C@H]1O[C@@H](n2ccc(SCCC)nc2=O)C2OC(CCc3ccccc3)O[C@H]21. The van der Waals surface area contributed by atoms with Crippen LogP contribution < -0.4 is 25.3 Å². The number of aryl methyl sites for hydroxylation is 1. The average Bonchev–Trinajstić information content (AvgIpc) is 3.55. The number of nitrogens with zero attached hydrogens (tertiary/aromatic N) is 2. The van der Waals surface area contributed by atoms with Crippen molar-refractivity contribution in [2.75, 3.05) is 18.5 Å². The maximum Gasteiger partial charge on any atom is 0.350 e. The number of rotatable bonds is 19. The number of unbranched alkanes of at least 4 members (excludes halogenated alkanes) is 1. The Morgan fingerprint density at radius 2 is 1.54 bits per heavy atom. The second-order valence-corrected chi connectivity index (χ2v) is 18.3. The first-order valence-electron chi connectivity index (χ1n) is 14.8. The summed E-state index contributed by atoms with van der Waals surface area (Å²) in [6.07, 6.45) is -2.38. The van der Waals surface area contributed by atoms with Crippen molar-refractivity contribution in [3.05, 3.63) is 58.6 Å². The molecule has 0 saturated carbocycles. The van der Waals surface area contributed by atoms with Crippen LogP contribution >= 0.6 is 42.8 Å². The summed E-state index contributed by atoms with van der Waals surface area (Å²) >= 11 is 1.38. The van der Waals surface area contributed by atoms with Crippen molar-refractivity contribution in [1.82, 2.24) is 9.55 Å². The minimum Gasteiger partial charge on any atom is -0.778 e. The normalized spacial score (nSPS) is 27.4. The first-order valence-corrected chi connectivity index (χ1v) is 21.9. The van der Waals surface area contributed by atoms with Crippen molar-refractivity contribution >= 4 is 42.8 Å². The Kier molecular flexibility index (Phi) is 14.0. The molecule has 1 aromatic heterocycles. The van der Waals surface area contributed by atoms with Crippen LogP contribution in [0.5, 0.6) is 0 Å². The Bertz CT molecular complexity index is 1630. The molecule has 4 rings (SSSR count).